The number of rotatable bonds is 12. The topological polar surface area (TPSA) is 48.7 Å². The summed E-state index contributed by atoms with van der Waals surface area (Å²) in [6.07, 6.45) is 8.53. The normalized spacial score (nSPS) is 10.7. The SMILES string of the molecule is O=C(Oc1ccc(-c2ccc(OCCCCCCCCCl)cc2)cc1)c1ccco1. The van der Waals surface area contributed by atoms with Crippen LogP contribution < -0.4 is 9.47 Å². The second kappa shape index (κ2) is 12.1. The van der Waals surface area contributed by atoms with Gasteiger partial charge in [-0.25, -0.2) is 4.79 Å². The number of hydrogen-bond acceptors (Lipinski definition) is 4. The van der Waals surface area contributed by atoms with Gasteiger partial charge in [-0.15, -0.1) is 11.6 Å². The fourth-order valence-corrected chi connectivity index (χ4v) is 3.29. The highest BCUT2D eigenvalue weighted by molar-refractivity contribution is 6.17. The number of hydrogen-bond donors (Lipinski definition) is 0. The molecule has 0 radical (unpaired) electrons. The molecular formula is C25H27ClO4. The Balaban J connectivity index is 1.42. The molecule has 0 aliphatic rings. The summed E-state index contributed by atoms with van der Waals surface area (Å²) in [5, 5.41) is 0. The number of alkyl halides is 1. The van der Waals surface area contributed by atoms with Crippen LogP contribution in [-0.2, 0) is 0 Å². The zero-order valence-electron chi connectivity index (χ0n) is 17.0. The van der Waals surface area contributed by atoms with E-state index in [1.165, 1.54) is 31.9 Å². The van der Waals surface area contributed by atoms with Crippen LogP contribution in [0.1, 0.15) is 49.1 Å². The molecule has 0 spiro atoms. The van der Waals surface area contributed by atoms with E-state index >= 15 is 0 Å². The molecule has 0 saturated heterocycles. The van der Waals surface area contributed by atoms with Crippen molar-refractivity contribution in [1.29, 1.82) is 0 Å². The van der Waals surface area contributed by atoms with Gasteiger partial charge in [0.15, 0.2) is 0 Å². The lowest BCUT2D eigenvalue weighted by Gasteiger charge is -2.08. The van der Waals surface area contributed by atoms with E-state index in [4.69, 9.17) is 25.5 Å². The molecule has 2 aromatic carbocycles. The van der Waals surface area contributed by atoms with Crippen LogP contribution in [0.2, 0.25) is 0 Å². The van der Waals surface area contributed by atoms with Crippen LogP contribution in [0.25, 0.3) is 11.1 Å². The summed E-state index contributed by atoms with van der Waals surface area (Å²) >= 11 is 5.68. The van der Waals surface area contributed by atoms with Gasteiger partial charge in [-0.1, -0.05) is 49.9 Å². The maximum Gasteiger partial charge on any atom is 0.379 e. The number of furan rings is 1. The maximum absolute atomic E-state index is 11.9. The summed E-state index contributed by atoms with van der Waals surface area (Å²) in [5.41, 5.74) is 2.11. The molecule has 0 saturated carbocycles. The van der Waals surface area contributed by atoms with E-state index in [0.29, 0.717) is 5.75 Å². The standard InChI is InChI=1S/C25H27ClO4/c26-17-5-3-1-2-4-6-18-28-22-13-9-20(10-14-22)21-11-15-23(16-12-21)30-25(27)24-8-7-19-29-24/h7-16,19H,1-6,17-18H2. The summed E-state index contributed by atoms with van der Waals surface area (Å²) in [6.45, 7) is 0.741. The van der Waals surface area contributed by atoms with Gasteiger partial charge in [0, 0.05) is 5.88 Å². The van der Waals surface area contributed by atoms with Crippen LogP contribution in [0.5, 0.6) is 11.5 Å². The van der Waals surface area contributed by atoms with Gasteiger partial charge in [-0.05, 0) is 60.4 Å². The zero-order valence-corrected chi connectivity index (χ0v) is 17.8. The van der Waals surface area contributed by atoms with Gasteiger partial charge in [-0.2, -0.15) is 0 Å². The molecule has 0 unspecified atom stereocenters. The molecule has 0 atom stereocenters. The average Bonchev–Trinajstić information content (AvgIpc) is 3.32. The fraction of sp³-hybridized carbons (Fsp3) is 0.320. The Morgan fingerprint density at radius 2 is 1.37 bits per heavy atom. The van der Waals surface area contributed by atoms with Gasteiger partial charge in [0.1, 0.15) is 11.5 Å². The van der Waals surface area contributed by atoms with Gasteiger partial charge >= 0.3 is 5.97 Å². The van der Waals surface area contributed by atoms with Crippen LogP contribution in [-0.4, -0.2) is 18.5 Å². The van der Waals surface area contributed by atoms with E-state index in [0.717, 1.165) is 42.2 Å². The third kappa shape index (κ3) is 6.96. The van der Waals surface area contributed by atoms with E-state index in [-0.39, 0.29) is 5.76 Å². The van der Waals surface area contributed by atoms with Crippen LogP contribution in [0.4, 0.5) is 0 Å². The first kappa shape index (κ1) is 22.0. The average molecular weight is 427 g/mol. The maximum atomic E-state index is 11.9. The van der Waals surface area contributed by atoms with Crippen molar-refractivity contribution in [1.82, 2.24) is 0 Å². The molecule has 30 heavy (non-hydrogen) atoms. The molecule has 0 fully saturated rings. The molecule has 3 aromatic rings. The number of carbonyl (C=O) groups is 1. The first-order chi connectivity index (χ1) is 14.8. The fourth-order valence-electron chi connectivity index (χ4n) is 3.10. The number of esters is 1. The number of unbranched alkanes of at least 4 members (excludes halogenated alkanes) is 5. The molecule has 158 valence electrons. The van der Waals surface area contributed by atoms with Gasteiger partial charge < -0.3 is 13.9 Å². The molecule has 0 N–H and O–H groups in total. The number of carbonyl (C=O) groups excluding carboxylic acids is 1. The smallest absolute Gasteiger partial charge is 0.379 e. The molecule has 0 aliphatic carbocycles. The minimum absolute atomic E-state index is 0.181. The molecular weight excluding hydrogens is 400 g/mol. The van der Waals surface area contributed by atoms with E-state index in [9.17, 15) is 4.79 Å². The van der Waals surface area contributed by atoms with Crippen molar-refractivity contribution in [2.45, 2.75) is 38.5 Å². The molecule has 1 aromatic heterocycles. The minimum atomic E-state index is -0.510. The Bertz CT molecular complexity index is 871. The largest absolute Gasteiger partial charge is 0.494 e. The van der Waals surface area contributed by atoms with Crippen molar-refractivity contribution in [2.75, 3.05) is 12.5 Å². The molecule has 0 bridgehead atoms. The number of benzene rings is 2. The highest BCUT2D eigenvalue weighted by Crippen LogP contribution is 2.25. The van der Waals surface area contributed by atoms with Crippen molar-refractivity contribution in [2.24, 2.45) is 0 Å². The van der Waals surface area contributed by atoms with E-state index in [2.05, 4.69) is 0 Å². The van der Waals surface area contributed by atoms with E-state index in [1.807, 2.05) is 36.4 Å². The van der Waals surface area contributed by atoms with E-state index in [1.54, 1.807) is 24.3 Å². The minimum Gasteiger partial charge on any atom is -0.494 e. The summed E-state index contributed by atoms with van der Waals surface area (Å²) in [7, 11) is 0. The zero-order chi connectivity index (χ0) is 21.0. The summed E-state index contributed by atoms with van der Waals surface area (Å²) in [4.78, 5) is 11.9. The molecule has 0 aliphatic heterocycles. The Morgan fingerprint density at radius 3 is 1.97 bits per heavy atom. The third-order valence-electron chi connectivity index (χ3n) is 4.77. The van der Waals surface area contributed by atoms with Crippen molar-refractivity contribution >= 4 is 17.6 Å². The summed E-state index contributed by atoms with van der Waals surface area (Å²) in [6, 6.07) is 18.6. The quantitative estimate of drug-likeness (QED) is 0.134. The molecule has 3 rings (SSSR count). The van der Waals surface area contributed by atoms with Gasteiger partial charge in [0.2, 0.25) is 5.76 Å². The van der Waals surface area contributed by atoms with Crippen molar-refractivity contribution < 1.29 is 18.7 Å². The monoisotopic (exact) mass is 426 g/mol. The third-order valence-corrected chi connectivity index (χ3v) is 5.04. The Hall–Kier alpha value is -2.72. The van der Waals surface area contributed by atoms with Crippen LogP contribution in [0, 0.1) is 0 Å². The molecule has 4 nitrogen and oxygen atoms in total. The van der Waals surface area contributed by atoms with Crippen molar-refractivity contribution in [3.63, 3.8) is 0 Å². The van der Waals surface area contributed by atoms with Crippen LogP contribution in [0.15, 0.2) is 71.3 Å². The van der Waals surface area contributed by atoms with Gasteiger partial charge in [0.05, 0.1) is 12.9 Å². The van der Waals surface area contributed by atoms with Crippen LogP contribution >= 0.6 is 11.6 Å². The second-order valence-corrected chi connectivity index (χ2v) is 7.45. The van der Waals surface area contributed by atoms with Gasteiger partial charge in [0.25, 0.3) is 0 Å². The highest BCUT2D eigenvalue weighted by atomic mass is 35.5. The predicted octanol–water partition coefficient (Wildman–Crippen LogP) is 7.12. The lowest BCUT2D eigenvalue weighted by atomic mass is 10.1. The van der Waals surface area contributed by atoms with Crippen molar-refractivity contribution in [3.8, 4) is 22.6 Å². The number of halogens is 1. The van der Waals surface area contributed by atoms with Crippen molar-refractivity contribution in [3.05, 3.63) is 72.7 Å². The predicted molar refractivity (Wildman–Crippen MR) is 119 cm³/mol. The highest BCUT2D eigenvalue weighted by Gasteiger charge is 2.11. The Labute approximate surface area is 182 Å². The lowest BCUT2D eigenvalue weighted by Crippen LogP contribution is -2.06. The first-order valence-electron chi connectivity index (χ1n) is 10.4. The van der Waals surface area contributed by atoms with Gasteiger partial charge in [-0.3, -0.25) is 0 Å². The van der Waals surface area contributed by atoms with E-state index < -0.39 is 5.97 Å². The molecule has 1 heterocycles. The Morgan fingerprint density at radius 1 is 0.767 bits per heavy atom. The molecule has 0 amide bonds. The number of ether oxygens (including phenoxy) is 2. The Kier molecular flexibility index (Phi) is 8.85. The van der Waals surface area contributed by atoms with Crippen LogP contribution in [0.3, 0.4) is 0 Å². The summed E-state index contributed by atoms with van der Waals surface area (Å²) in [5.74, 6) is 1.79. The second-order valence-electron chi connectivity index (χ2n) is 7.07. The lowest BCUT2D eigenvalue weighted by molar-refractivity contribution is 0.0701. The molecule has 5 heteroatoms. The summed E-state index contributed by atoms with van der Waals surface area (Å²) < 4.78 is 16.2. The first-order valence-corrected chi connectivity index (χ1v) is 10.9.